The number of aromatic nitrogens is 2. The number of hydrogen-bond acceptors (Lipinski definition) is 4. The summed E-state index contributed by atoms with van der Waals surface area (Å²) in [6, 6.07) is 0. The smallest absolute Gasteiger partial charge is 0.159 e. The van der Waals surface area contributed by atoms with Gasteiger partial charge in [0, 0.05) is 25.1 Å². The van der Waals surface area contributed by atoms with Crippen molar-refractivity contribution in [1.29, 1.82) is 0 Å². The van der Waals surface area contributed by atoms with Gasteiger partial charge in [0.1, 0.15) is 5.60 Å². The fourth-order valence-corrected chi connectivity index (χ4v) is 1.10. The van der Waals surface area contributed by atoms with Gasteiger partial charge in [-0.3, -0.25) is 0 Å². The first kappa shape index (κ1) is 11.1. The van der Waals surface area contributed by atoms with Gasteiger partial charge in [-0.05, 0) is 13.3 Å². The maximum Gasteiger partial charge on any atom is 0.159 e. The SMILES string of the molecule is CCC(C)(OC)c1ncc(CO)cn1. The van der Waals surface area contributed by atoms with Crippen molar-refractivity contribution in [3.63, 3.8) is 0 Å². The topological polar surface area (TPSA) is 55.2 Å². The van der Waals surface area contributed by atoms with Crippen molar-refractivity contribution >= 4 is 0 Å². The molecule has 0 spiro atoms. The Labute approximate surface area is 84.0 Å². The molecule has 14 heavy (non-hydrogen) atoms. The normalized spacial score (nSPS) is 15.1. The minimum absolute atomic E-state index is 0.0316. The van der Waals surface area contributed by atoms with Crippen LogP contribution in [0.25, 0.3) is 0 Å². The summed E-state index contributed by atoms with van der Waals surface area (Å²) in [7, 11) is 1.65. The molecular formula is C10H16N2O2. The summed E-state index contributed by atoms with van der Waals surface area (Å²) in [5.41, 5.74) is 0.275. The number of aliphatic hydroxyl groups is 1. The summed E-state index contributed by atoms with van der Waals surface area (Å²) >= 11 is 0. The molecule has 1 heterocycles. The minimum Gasteiger partial charge on any atom is -0.392 e. The number of methoxy groups -OCH3 is 1. The van der Waals surface area contributed by atoms with E-state index in [9.17, 15) is 0 Å². The van der Waals surface area contributed by atoms with Gasteiger partial charge in [0.25, 0.3) is 0 Å². The van der Waals surface area contributed by atoms with E-state index in [1.807, 2.05) is 13.8 Å². The fourth-order valence-electron chi connectivity index (χ4n) is 1.10. The molecule has 0 fully saturated rings. The lowest BCUT2D eigenvalue weighted by Gasteiger charge is -2.24. The Bertz CT molecular complexity index is 281. The standard InChI is InChI=1S/C10H16N2O2/c1-4-10(2,14-3)9-11-5-8(7-13)6-12-9/h5-6,13H,4,7H2,1-3H3. The van der Waals surface area contributed by atoms with Gasteiger partial charge in [0.05, 0.1) is 6.61 Å². The Morgan fingerprint density at radius 1 is 1.43 bits per heavy atom. The van der Waals surface area contributed by atoms with Gasteiger partial charge in [0.2, 0.25) is 0 Å². The van der Waals surface area contributed by atoms with Gasteiger partial charge in [-0.25, -0.2) is 9.97 Å². The van der Waals surface area contributed by atoms with Crippen molar-refractivity contribution in [3.05, 3.63) is 23.8 Å². The van der Waals surface area contributed by atoms with E-state index >= 15 is 0 Å². The predicted octanol–water partition coefficient (Wildman–Crippen LogP) is 1.24. The van der Waals surface area contributed by atoms with Crippen LogP contribution in [-0.2, 0) is 16.9 Å². The van der Waals surface area contributed by atoms with Gasteiger partial charge in [-0.15, -0.1) is 0 Å². The van der Waals surface area contributed by atoms with E-state index in [1.165, 1.54) is 0 Å². The summed E-state index contributed by atoms with van der Waals surface area (Å²) in [5.74, 6) is 0.653. The molecule has 0 aliphatic heterocycles. The van der Waals surface area contributed by atoms with Gasteiger partial charge >= 0.3 is 0 Å². The van der Waals surface area contributed by atoms with E-state index in [0.29, 0.717) is 11.4 Å². The zero-order valence-corrected chi connectivity index (χ0v) is 8.82. The second-order valence-electron chi connectivity index (χ2n) is 3.36. The van der Waals surface area contributed by atoms with Crippen LogP contribution in [0.2, 0.25) is 0 Å². The van der Waals surface area contributed by atoms with Crippen LogP contribution in [-0.4, -0.2) is 22.2 Å². The highest BCUT2D eigenvalue weighted by atomic mass is 16.5. The molecule has 0 radical (unpaired) electrons. The van der Waals surface area contributed by atoms with E-state index in [1.54, 1.807) is 19.5 Å². The van der Waals surface area contributed by atoms with Crippen molar-refractivity contribution in [1.82, 2.24) is 9.97 Å². The van der Waals surface area contributed by atoms with Crippen LogP contribution in [0.5, 0.6) is 0 Å². The number of aliphatic hydroxyl groups excluding tert-OH is 1. The second kappa shape index (κ2) is 4.48. The van der Waals surface area contributed by atoms with Crippen LogP contribution in [0, 0.1) is 0 Å². The molecule has 1 unspecified atom stereocenters. The van der Waals surface area contributed by atoms with E-state index in [-0.39, 0.29) is 6.61 Å². The van der Waals surface area contributed by atoms with Gasteiger partial charge in [0.15, 0.2) is 5.82 Å². The Morgan fingerprint density at radius 2 is 2.00 bits per heavy atom. The van der Waals surface area contributed by atoms with Crippen molar-refractivity contribution in [3.8, 4) is 0 Å². The summed E-state index contributed by atoms with van der Waals surface area (Å²) < 4.78 is 5.36. The lowest BCUT2D eigenvalue weighted by Crippen LogP contribution is -2.26. The summed E-state index contributed by atoms with van der Waals surface area (Å²) in [5, 5.41) is 8.83. The highest BCUT2D eigenvalue weighted by Gasteiger charge is 2.26. The van der Waals surface area contributed by atoms with E-state index in [2.05, 4.69) is 9.97 Å². The van der Waals surface area contributed by atoms with E-state index < -0.39 is 5.60 Å². The number of nitrogens with zero attached hydrogens (tertiary/aromatic N) is 2. The van der Waals surface area contributed by atoms with Gasteiger partial charge in [-0.1, -0.05) is 6.92 Å². The van der Waals surface area contributed by atoms with Crippen LogP contribution in [0.3, 0.4) is 0 Å². The van der Waals surface area contributed by atoms with E-state index in [4.69, 9.17) is 9.84 Å². The largest absolute Gasteiger partial charge is 0.392 e. The minimum atomic E-state index is -0.437. The summed E-state index contributed by atoms with van der Waals surface area (Å²) in [4.78, 5) is 8.33. The second-order valence-corrected chi connectivity index (χ2v) is 3.36. The molecule has 0 aliphatic rings. The molecule has 1 rings (SSSR count). The van der Waals surface area contributed by atoms with Crippen molar-refractivity contribution in [2.24, 2.45) is 0 Å². The molecule has 4 nitrogen and oxygen atoms in total. The zero-order chi connectivity index (χ0) is 10.6. The average Bonchev–Trinajstić information content (AvgIpc) is 2.28. The van der Waals surface area contributed by atoms with Crippen molar-refractivity contribution < 1.29 is 9.84 Å². The highest BCUT2D eigenvalue weighted by Crippen LogP contribution is 2.24. The molecule has 78 valence electrons. The third-order valence-corrected chi connectivity index (χ3v) is 2.49. The fraction of sp³-hybridized carbons (Fsp3) is 0.600. The first-order chi connectivity index (χ1) is 6.66. The lowest BCUT2D eigenvalue weighted by atomic mass is 10.0. The summed E-state index contributed by atoms with van der Waals surface area (Å²) in [6.45, 7) is 3.93. The molecule has 0 aliphatic carbocycles. The summed E-state index contributed by atoms with van der Waals surface area (Å²) in [6.07, 6.45) is 4.05. The molecule has 1 atom stereocenters. The van der Waals surface area contributed by atoms with Crippen molar-refractivity contribution in [2.75, 3.05) is 7.11 Å². The zero-order valence-electron chi connectivity index (χ0n) is 8.82. The predicted molar refractivity (Wildman–Crippen MR) is 52.6 cm³/mol. The Kier molecular flexibility index (Phi) is 3.55. The first-order valence-electron chi connectivity index (χ1n) is 4.63. The molecule has 0 aromatic carbocycles. The maximum atomic E-state index is 8.83. The van der Waals surface area contributed by atoms with Gasteiger partial charge < -0.3 is 9.84 Å². The highest BCUT2D eigenvalue weighted by molar-refractivity contribution is 5.07. The number of ether oxygens (including phenoxy) is 1. The molecule has 4 heteroatoms. The monoisotopic (exact) mass is 196 g/mol. The van der Waals surface area contributed by atoms with Crippen LogP contribution < -0.4 is 0 Å². The first-order valence-corrected chi connectivity index (χ1v) is 4.63. The maximum absolute atomic E-state index is 8.83. The molecule has 1 aromatic heterocycles. The quantitative estimate of drug-likeness (QED) is 0.787. The van der Waals surface area contributed by atoms with Crippen LogP contribution in [0.15, 0.2) is 12.4 Å². The number of rotatable bonds is 4. The average molecular weight is 196 g/mol. The third kappa shape index (κ3) is 2.08. The molecular weight excluding hydrogens is 180 g/mol. The number of hydrogen-bond donors (Lipinski definition) is 1. The Morgan fingerprint density at radius 3 is 2.36 bits per heavy atom. The van der Waals surface area contributed by atoms with Crippen LogP contribution in [0.1, 0.15) is 31.7 Å². The van der Waals surface area contributed by atoms with Crippen LogP contribution in [0.4, 0.5) is 0 Å². The molecule has 0 saturated heterocycles. The lowest BCUT2D eigenvalue weighted by molar-refractivity contribution is -0.00907. The molecule has 1 aromatic rings. The third-order valence-electron chi connectivity index (χ3n) is 2.49. The van der Waals surface area contributed by atoms with Crippen LogP contribution >= 0.6 is 0 Å². The molecule has 1 N–H and O–H groups in total. The van der Waals surface area contributed by atoms with Crippen molar-refractivity contribution in [2.45, 2.75) is 32.5 Å². The van der Waals surface area contributed by atoms with Gasteiger partial charge in [-0.2, -0.15) is 0 Å². The molecule has 0 amide bonds. The Balaban J connectivity index is 2.95. The van der Waals surface area contributed by atoms with E-state index in [0.717, 1.165) is 6.42 Å². The molecule has 0 bridgehead atoms. The Hall–Kier alpha value is -1.00. The molecule has 0 saturated carbocycles.